The lowest BCUT2D eigenvalue weighted by molar-refractivity contribution is -0.117. The zero-order valence-electron chi connectivity index (χ0n) is 21.0. The molecule has 36 heavy (non-hydrogen) atoms. The van der Waals surface area contributed by atoms with E-state index in [0.29, 0.717) is 22.8 Å². The van der Waals surface area contributed by atoms with Crippen LogP contribution in [0.5, 0.6) is 0 Å². The van der Waals surface area contributed by atoms with Gasteiger partial charge in [-0.3, -0.25) is 24.2 Å². The van der Waals surface area contributed by atoms with Gasteiger partial charge in [0.25, 0.3) is 0 Å². The topological polar surface area (TPSA) is 75.5 Å². The Morgan fingerprint density at radius 1 is 0.667 bits per heavy atom. The van der Waals surface area contributed by atoms with E-state index in [1.54, 1.807) is 0 Å². The molecule has 0 saturated heterocycles. The molecule has 0 aliphatic rings. The summed E-state index contributed by atoms with van der Waals surface area (Å²) in [6, 6.07) is 24.1. The van der Waals surface area contributed by atoms with Gasteiger partial charge in [0.1, 0.15) is 0 Å². The summed E-state index contributed by atoms with van der Waals surface area (Å²) in [5.74, 6) is -0.238. The summed E-state index contributed by atoms with van der Waals surface area (Å²) < 4.78 is 1.40. The van der Waals surface area contributed by atoms with Crippen molar-refractivity contribution < 1.29 is 14.4 Å². The van der Waals surface area contributed by atoms with E-state index in [0.717, 1.165) is 11.1 Å². The molecule has 1 heterocycles. The van der Waals surface area contributed by atoms with Gasteiger partial charge in [0.05, 0.1) is 11.4 Å². The minimum atomic E-state index is -0.339. The van der Waals surface area contributed by atoms with E-state index in [-0.39, 0.29) is 29.4 Å². The average Bonchev–Trinajstić information content (AvgIpc) is 3.22. The molecule has 0 spiro atoms. The predicted octanol–water partition coefficient (Wildman–Crippen LogP) is 6.20. The number of aryl methyl sites for hydroxylation is 2. The Labute approximate surface area is 210 Å². The highest BCUT2D eigenvalue weighted by atomic mass is 16.2. The Bertz CT molecular complexity index is 1420. The summed E-state index contributed by atoms with van der Waals surface area (Å²) in [4.78, 5) is 47.0. The van der Waals surface area contributed by atoms with Crippen LogP contribution in [0.1, 0.15) is 36.7 Å². The Morgan fingerprint density at radius 2 is 1.14 bits per heavy atom. The molecule has 0 aliphatic heterocycles. The number of amides is 2. The first kappa shape index (κ1) is 24.6. The Hall–Kier alpha value is -4.52. The van der Waals surface area contributed by atoms with Gasteiger partial charge in [0.2, 0.25) is 17.7 Å². The summed E-state index contributed by atoms with van der Waals surface area (Å²) in [5, 5.41) is 0. The van der Waals surface area contributed by atoms with Crippen LogP contribution < -0.4 is 9.80 Å². The first-order valence-electron chi connectivity index (χ1n) is 11.6. The fourth-order valence-electron chi connectivity index (χ4n) is 4.12. The van der Waals surface area contributed by atoms with Crippen LogP contribution in [0.15, 0.2) is 78.9 Å². The van der Waals surface area contributed by atoms with Crippen molar-refractivity contribution in [2.45, 2.75) is 34.6 Å². The molecule has 0 fully saturated rings. The second-order valence-electron chi connectivity index (χ2n) is 8.68. The van der Waals surface area contributed by atoms with Crippen LogP contribution in [0.2, 0.25) is 0 Å². The molecule has 2 amide bonds. The van der Waals surface area contributed by atoms with E-state index < -0.39 is 0 Å². The number of carbonyl (C=O) groups excluding carboxylic acids is 3. The smallest absolute Gasteiger partial charge is 0.230 e. The quantitative estimate of drug-likeness (QED) is 0.341. The van der Waals surface area contributed by atoms with Gasteiger partial charge in [-0.05, 0) is 38.1 Å². The van der Waals surface area contributed by atoms with E-state index in [1.165, 1.54) is 35.1 Å². The van der Waals surface area contributed by atoms with E-state index in [4.69, 9.17) is 4.98 Å². The minimum absolute atomic E-state index is 0.191. The maximum absolute atomic E-state index is 13.1. The van der Waals surface area contributed by atoms with Crippen LogP contribution in [0.25, 0.3) is 11.4 Å². The molecule has 0 radical (unpaired) electrons. The highest BCUT2D eigenvalue weighted by molar-refractivity contribution is 6.09. The fourth-order valence-corrected chi connectivity index (χ4v) is 4.12. The first-order valence-corrected chi connectivity index (χ1v) is 11.6. The number of rotatable bonds is 5. The molecule has 182 valence electrons. The lowest BCUT2D eigenvalue weighted by Crippen LogP contribution is -2.31. The molecule has 0 bridgehead atoms. The molecule has 0 unspecified atom stereocenters. The Kier molecular flexibility index (Phi) is 6.83. The first-order chi connectivity index (χ1) is 17.2. The van der Waals surface area contributed by atoms with Crippen LogP contribution in [0.3, 0.4) is 0 Å². The van der Waals surface area contributed by atoms with Crippen molar-refractivity contribution in [3.05, 3.63) is 90.0 Å². The van der Waals surface area contributed by atoms with Crippen molar-refractivity contribution in [3.63, 3.8) is 0 Å². The monoisotopic (exact) mass is 480 g/mol. The van der Waals surface area contributed by atoms with Crippen molar-refractivity contribution in [1.29, 1.82) is 0 Å². The number of aromatic nitrogens is 2. The molecule has 4 rings (SSSR count). The average molecular weight is 481 g/mol. The summed E-state index contributed by atoms with van der Waals surface area (Å²) in [7, 11) is 0. The zero-order valence-corrected chi connectivity index (χ0v) is 21.0. The van der Waals surface area contributed by atoms with E-state index in [1.807, 2.05) is 92.7 Å². The normalized spacial score (nSPS) is 10.7. The zero-order chi connectivity index (χ0) is 26.0. The summed E-state index contributed by atoms with van der Waals surface area (Å²) >= 11 is 0. The van der Waals surface area contributed by atoms with Gasteiger partial charge in [0, 0.05) is 26.3 Å². The van der Waals surface area contributed by atoms with Crippen molar-refractivity contribution >= 4 is 40.7 Å². The van der Waals surface area contributed by atoms with Gasteiger partial charge >= 0.3 is 0 Å². The van der Waals surface area contributed by atoms with Gasteiger partial charge in [-0.2, -0.15) is 0 Å². The second-order valence-corrected chi connectivity index (χ2v) is 8.68. The highest BCUT2D eigenvalue weighted by Crippen LogP contribution is 2.41. The second kappa shape index (κ2) is 10.00. The van der Waals surface area contributed by atoms with Crippen LogP contribution in [0, 0.1) is 13.8 Å². The summed E-state index contributed by atoms with van der Waals surface area (Å²) in [5.41, 5.74) is 3.88. The van der Waals surface area contributed by atoms with Crippen molar-refractivity contribution in [2.24, 2.45) is 0 Å². The third kappa shape index (κ3) is 4.68. The molecule has 7 heteroatoms. The van der Waals surface area contributed by atoms with Crippen molar-refractivity contribution in [3.8, 4) is 11.4 Å². The lowest BCUT2D eigenvalue weighted by Gasteiger charge is -2.27. The van der Waals surface area contributed by atoms with Crippen LogP contribution in [0.4, 0.5) is 23.0 Å². The summed E-state index contributed by atoms with van der Waals surface area (Å²) in [6.45, 7) is 8.18. The van der Waals surface area contributed by atoms with Crippen LogP contribution in [-0.2, 0) is 9.59 Å². The molecule has 1 aromatic heterocycles. The molecule has 0 aliphatic carbocycles. The predicted molar refractivity (Wildman–Crippen MR) is 142 cm³/mol. The molecular formula is C29H28N4O3. The third-order valence-corrected chi connectivity index (χ3v) is 5.82. The molecule has 4 aromatic rings. The highest BCUT2D eigenvalue weighted by Gasteiger charge is 2.33. The van der Waals surface area contributed by atoms with E-state index in [2.05, 4.69) is 0 Å². The van der Waals surface area contributed by atoms with Gasteiger partial charge in [-0.25, -0.2) is 9.55 Å². The summed E-state index contributed by atoms with van der Waals surface area (Å²) in [6.07, 6.45) is 0. The molecule has 0 N–H and O–H groups in total. The SMILES string of the molecule is CC(=O)N(c1ccc(C)cc1)c1nc(-c2ccccc2)n(C(C)=O)c1N(C(C)=O)c1ccc(C)cc1. The number of imidazole rings is 1. The number of hydrogen-bond donors (Lipinski definition) is 0. The Morgan fingerprint density at radius 3 is 1.58 bits per heavy atom. The molecular weight excluding hydrogens is 452 g/mol. The molecule has 7 nitrogen and oxygen atoms in total. The van der Waals surface area contributed by atoms with Crippen molar-refractivity contribution in [2.75, 3.05) is 9.80 Å². The van der Waals surface area contributed by atoms with Gasteiger partial charge in [0.15, 0.2) is 17.5 Å². The van der Waals surface area contributed by atoms with Gasteiger partial charge < -0.3 is 0 Å². The molecule has 0 saturated carbocycles. The molecule has 3 aromatic carbocycles. The number of anilines is 4. The standard InChI is InChI=1S/C29H28N4O3/c1-19-11-15-25(16-12-19)31(21(3)34)28-29(32(22(4)35)26-17-13-20(2)14-18-26)33(23(5)36)27(30-28)24-9-7-6-8-10-24/h6-18H,1-5H3. The maximum Gasteiger partial charge on any atom is 0.230 e. The van der Waals surface area contributed by atoms with Crippen molar-refractivity contribution in [1.82, 2.24) is 9.55 Å². The van der Waals surface area contributed by atoms with Crippen LogP contribution in [-0.4, -0.2) is 27.3 Å². The van der Waals surface area contributed by atoms with E-state index in [9.17, 15) is 14.4 Å². The number of nitrogens with zero attached hydrogens (tertiary/aromatic N) is 4. The lowest BCUT2D eigenvalue weighted by atomic mass is 10.2. The van der Waals surface area contributed by atoms with Gasteiger partial charge in [-0.1, -0.05) is 65.7 Å². The Balaban J connectivity index is 2.10. The number of benzene rings is 3. The number of hydrogen-bond acceptors (Lipinski definition) is 4. The van der Waals surface area contributed by atoms with Crippen LogP contribution >= 0.6 is 0 Å². The number of carbonyl (C=O) groups is 3. The minimum Gasteiger partial charge on any atom is -0.274 e. The molecule has 0 atom stereocenters. The third-order valence-electron chi connectivity index (χ3n) is 5.82. The van der Waals surface area contributed by atoms with E-state index >= 15 is 0 Å². The maximum atomic E-state index is 13.1. The largest absolute Gasteiger partial charge is 0.274 e. The fraction of sp³-hybridized carbons (Fsp3) is 0.172. The van der Waals surface area contributed by atoms with Gasteiger partial charge in [-0.15, -0.1) is 0 Å².